The van der Waals surface area contributed by atoms with E-state index in [1.54, 1.807) is 0 Å². The molecule has 1 aromatic heterocycles. The van der Waals surface area contributed by atoms with Crippen LogP contribution in [0.25, 0.3) is 0 Å². The lowest BCUT2D eigenvalue weighted by Crippen LogP contribution is -2.62. The van der Waals surface area contributed by atoms with Gasteiger partial charge in [-0.15, -0.1) is 0 Å². The summed E-state index contributed by atoms with van der Waals surface area (Å²) in [5, 5.41) is 3.63. The highest BCUT2D eigenvalue weighted by atomic mass is 16.2. The van der Waals surface area contributed by atoms with Crippen LogP contribution in [0, 0.1) is 31.6 Å². The number of rotatable bonds is 2. The van der Waals surface area contributed by atoms with Crippen molar-refractivity contribution < 1.29 is 4.79 Å². The monoisotopic (exact) mass is 403 g/mol. The van der Waals surface area contributed by atoms with Gasteiger partial charge in [0.25, 0.3) is 0 Å². The van der Waals surface area contributed by atoms with Crippen LogP contribution < -0.4 is 5.32 Å². The molecular formula is C26H33N3O. The summed E-state index contributed by atoms with van der Waals surface area (Å²) in [4.78, 5) is 15.9. The van der Waals surface area contributed by atoms with Crippen LogP contribution >= 0.6 is 0 Å². The van der Waals surface area contributed by atoms with E-state index in [0.717, 1.165) is 30.8 Å². The van der Waals surface area contributed by atoms with Gasteiger partial charge in [0.15, 0.2) is 0 Å². The van der Waals surface area contributed by atoms with E-state index in [1.807, 2.05) is 0 Å². The van der Waals surface area contributed by atoms with Gasteiger partial charge in [-0.1, -0.05) is 23.8 Å². The summed E-state index contributed by atoms with van der Waals surface area (Å²) in [6.45, 7) is 5.95. The van der Waals surface area contributed by atoms with Crippen molar-refractivity contribution in [2.75, 3.05) is 6.54 Å². The quantitative estimate of drug-likeness (QED) is 0.736. The first-order valence-electron chi connectivity index (χ1n) is 11.8. The van der Waals surface area contributed by atoms with E-state index in [0.29, 0.717) is 0 Å². The lowest BCUT2D eigenvalue weighted by atomic mass is 9.53. The highest BCUT2D eigenvalue weighted by molar-refractivity contribution is 5.76. The van der Waals surface area contributed by atoms with Crippen LogP contribution in [0.5, 0.6) is 0 Å². The number of hydrogen-bond donors (Lipinski definition) is 1. The van der Waals surface area contributed by atoms with Gasteiger partial charge in [-0.3, -0.25) is 0 Å². The third-order valence-corrected chi connectivity index (χ3v) is 8.43. The van der Waals surface area contributed by atoms with E-state index >= 15 is 0 Å². The molecule has 4 saturated carbocycles. The van der Waals surface area contributed by atoms with Gasteiger partial charge in [0, 0.05) is 30.5 Å². The highest BCUT2D eigenvalue weighted by Crippen LogP contribution is 2.55. The second-order valence-corrected chi connectivity index (χ2v) is 10.7. The highest BCUT2D eigenvalue weighted by Gasteiger charge is 2.52. The Labute approximate surface area is 179 Å². The van der Waals surface area contributed by atoms with Gasteiger partial charge in [-0.25, -0.2) is 4.79 Å². The fraction of sp³-hybridized carbons (Fsp3) is 0.577. The second kappa shape index (κ2) is 6.63. The van der Waals surface area contributed by atoms with Crippen molar-refractivity contribution in [3.8, 4) is 0 Å². The molecule has 1 aliphatic heterocycles. The topological polar surface area (TPSA) is 37.3 Å². The summed E-state index contributed by atoms with van der Waals surface area (Å²) in [6.07, 6.45) is 9.95. The van der Waals surface area contributed by atoms with Crippen molar-refractivity contribution in [3.63, 3.8) is 0 Å². The van der Waals surface area contributed by atoms with E-state index in [-0.39, 0.29) is 17.6 Å². The third-order valence-electron chi connectivity index (χ3n) is 8.43. The normalized spacial score (nSPS) is 34.1. The lowest BCUT2D eigenvalue weighted by Gasteiger charge is -2.57. The van der Waals surface area contributed by atoms with Crippen LogP contribution in [0.3, 0.4) is 0 Å². The summed E-state index contributed by atoms with van der Waals surface area (Å²) < 4.78 is 2.32. The molecular weight excluding hydrogens is 370 g/mol. The minimum Gasteiger partial charge on any atom is -0.348 e. The Morgan fingerprint density at radius 1 is 1.00 bits per heavy atom. The smallest absolute Gasteiger partial charge is 0.318 e. The van der Waals surface area contributed by atoms with Gasteiger partial charge in [-0.2, -0.15) is 0 Å². The predicted octanol–water partition coefficient (Wildman–Crippen LogP) is 5.19. The Hall–Kier alpha value is -2.23. The van der Waals surface area contributed by atoms with E-state index in [9.17, 15) is 4.79 Å². The largest absolute Gasteiger partial charge is 0.348 e. The Morgan fingerprint density at radius 3 is 2.37 bits per heavy atom. The Morgan fingerprint density at radius 2 is 1.70 bits per heavy atom. The van der Waals surface area contributed by atoms with Crippen LogP contribution in [0.4, 0.5) is 4.79 Å². The number of fused-ring (bicyclic) bond motifs is 1. The third kappa shape index (κ3) is 2.91. The molecule has 0 saturated heterocycles. The number of benzene rings is 1. The second-order valence-electron chi connectivity index (χ2n) is 10.7. The van der Waals surface area contributed by atoms with Gasteiger partial charge in [-0.05, 0) is 93.4 Å². The molecule has 2 aromatic rings. The number of urea groups is 1. The van der Waals surface area contributed by atoms with E-state index in [2.05, 4.69) is 65.2 Å². The Bertz CT molecular complexity index is 955. The average Bonchev–Trinajstić information content (AvgIpc) is 3.15. The van der Waals surface area contributed by atoms with Crippen LogP contribution in [0.15, 0.2) is 36.5 Å². The molecule has 158 valence electrons. The molecule has 4 bridgehead atoms. The van der Waals surface area contributed by atoms with Crippen LogP contribution in [0.2, 0.25) is 0 Å². The number of carbonyl (C=O) groups is 1. The first-order chi connectivity index (χ1) is 14.5. The van der Waals surface area contributed by atoms with E-state index in [1.165, 1.54) is 60.9 Å². The van der Waals surface area contributed by atoms with Gasteiger partial charge < -0.3 is 14.8 Å². The number of nitrogens with one attached hydrogen (secondary N) is 1. The molecule has 4 heteroatoms. The first-order valence-corrected chi connectivity index (χ1v) is 11.8. The van der Waals surface area contributed by atoms with E-state index in [4.69, 9.17) is 0 Å². The number of aryl methyl sites for hydroxylation is 2. The maximum absolute atomic E-state index is 13.8. The molecule has 4 fully saturated rings. The van der Waals surface area contributed by atoms with Crippen molar-refractivity contribution >= 4 is 6.03 Å². The molecule has 1 unspecified atom stereocenters. The fourth-order valence-corrected chi connectivity index (χ4v) is 7.62. The molecule has 0 radical (unpaired) electrons. The SMILES string of the molecule is Cc1ccc(C2c3cccn3CCN2C(=O)NC23CC4CC(CC(C4)C2)C3)c(C)c1. The standard InChI is InChI=1S/C26H33N3O/c1-17-5-6-22(18(2)10-17)24-23-4-3-7-28(23)8-9-29(24)25(30)27-26-14-19-11-20(15-26)13-21(12-19)16-26/h3-7,10,19-21,24H,8-9,11-16H2,1-2H3,(H,27,30). The van der Waals surface area contributed by atoms with Crippen LogP contribution in [0.1, 0.15) is 67.0 Å². The zero-order chi connectivity index (χ0) is 20.5. The van der Waals surface area contributed by atoms with Gasteiger partial charge in [0.2, 0.25) is 0 Å². The number of amides is 2. The molecule has 1 aromatic carbocycles. The van der Waals surface area contributed by atoms with Crippen LogP contribution in [-0.4, -0.2) is 27.6 Å². The van der Waals surface area contributed by atoms with Gasteiger partial charge in [0.05, 0.1) is 6.04 Å². The molecule has 1 N–H and O–H groups in total. The summed E-state index contributed by atoms with van der Waals surface area (Å²) in [6, 6.07) is 11.1. The Kier molecular flexibility index (Phi) is 4.10. The number of carbonyl (C=O) groups excluding carboxylic acids is 1. The molecule has 4 aliphatic carbocycles. The van der Waals surface area contributed by atoms with Crippen LogP contribution in [-0.2, 0) is 6.54 Å². The fourth-order valence-electron chi connectivity index (χ4n) is 7.62. The lowest BCUT2D eigenvalue weighted by molar-refractivity contribution is -0.0165. The van der Waals surface area contributed by atoms with Gasteiger partial charge >= 0.3 is 6.03 Å². The minimum atomic E-state index is -0.0109. The van der Waals surface area contributed by atoms with Crippen molar-refractivity contribution in [3.05, 3.63) is 58.9 Å². The summed E-state index contributed by atoms with van der Waals surface area (Å²) in [7, 11) is 0. The van der Waals surface area contributed by atoms with Crippen molar-refractivity contribution in [2.45, 2.75) is 70.5 Å². The summed E-state index contributed by atoms with van der Waals surface area (Å²) in [5.74, 6) is 2.51. The molecule has 1 atom stereocenters. The van der Waals surface area contributed by atoms with Crippen molar-refractivity contribution in [1.82, 2.24) is 14.8 Å². The summed E-state index contributed by atoms with van der Waals surface area (Å²) >= 11 is 0. The van der Waals surface area contributed by atoms with Gasteiger partial charge in [0.1, 0.15) is 0 Å². The molecule has 2 amide bonds. The molecule has 4 nitrogen and oxygen atoms in total. The first kappa shape index (κ1) is 18.5. The Balaban J connectivity index is 1.33. The predicted molar refractivity (Wildman–Crippen MR) is 118 cm³/mol. The minimum absolute atomic E-state index is 0.0109. The average molecular weight is 404 g/mol. The molecule has 2 heterocycles. The van der Waals surface area contributed by atoms with E-state index < -0.39 is 0 Å². The van der Waals surface area contributed by atoms with Crippen molar-refractivity contribution in [1.29, 1.82) is 0 Å². The summed E-state index contributed by atoms with van der Waals surface area (Å²) in [5.41, 5.74) is 5.07. The maximum atomic E-state index is 13.8. The van der Waals surface area contributed by atoms with Crippen molar-refractivity contribution in [2.24, 2.45) is 17.8 Å². The molecule has 7 rings (SSSR count). The zero-order valence-corrected chi connectivity index (χ0v) is 18.2. The maximum Gasteiger partial charge on any atom is 0.318 e. The number of aromatic nitrogens is 1. The zero-order valence-electron chi connectivity index (χ0n) is 18.2. The number of nitrogens with zero attached hydrogens (tertiary/aromatic N) is 2. The molecule has 0 spiro atoms. The molecule has 30 heavy (non-hydrogen) atoms. The molecule has 5 aliphatic rings. The number of hydrogen-bond acceptors (Lipinski definition) is 1.